The lowest BCUT2D eigenvalue weighted by atomic mass is 9.73. The quantitative estimate of drug-likeness (QED) is 0.543. The second-order valence-electron chi connectivity index (χ2n) is 7.92. The normalized spacial score (nSPS) is 15.8. The summed E-state index contributed by atoms with van der Waals surface area (Å²) in [4.78, 5) is 4.74. The van der Waals surface area contributed by atoms with Gasteiger partial charge in [0.05, 0.1) is 24.1 Å². The van der Waals surface area contributed by atoms with Crippen LogP contribution in [0, 0.1) is 17.2 Å². The van der Waals surface area contributed by atoms with E-state index in [9.17, 15) is 5.26 Å². The highest BCUT2D eigenvalue weighted by atomic mass is 16.5. The number of rotatable bonds is 7. The smallest absolute Gasteiger partial charge is 0.216 e. The zero-order chi connectivity index (χ0) is 19.6. The Kier molecular flexibility index (Phi) is 5.05. The van der Waals surface area contributed by atoms with E-state index in [-0.39, 0.29) is 0 Å². The molecule has 1 aromatic heterocycles. The molecule has 2 aromatic carbocycles. The summed E-state index contributed by atoms with van der Waals surface area (Å²) < 4.78 is 5.49. The fourth-order valence-corrected chi connectivity index (χ4v) is 4.12. The Morgan fingerprint density at radius 1 is 1.14 bits per heavy atom. The first-order valence-electron chi connectivity index (χ1n) is 10.1. The topological polar surface area (TPSA) is 45.9 Å². The van der Waals surface area contributed by atoms with E-state index in [1.165, 1.54) is 18.4 Å². The van der Waals surface area contributed by atoms with Crippen molar-refractivity contribution in [3.63, 3.8) is 0 Å². The monoisotopic (exact) mass is 370 g/mol. The van der Waals surface area contributed by atoms with Gasteiger partial charge in [0.2, 0.25) is 5.88 Å². The highest BCUT2D eigenvalue weighted by molar-refractivity contribution is 5.81. The van der Waals surface area contributed by atoms with Crippen LogP contribution in [0.5, 0.6) is 5.88 Å². The number of nitrogens with zero attached hydrogens (tertiary/aromatic N) is 2. The van der Waals surface area contributed by atoms with Gasteiger partial charge in [-0.1, -0.05) is 62.2 Å². The number of aromatic nitrogens is 1. The van der Waals surface area contributed by atoms with Crippen LogP contribution in [0.1, 0.15) is 42.9 Å². The number of nitriles is 1. The summed E-state index contributed by atoms with van der Waals surface area (Å²) in [5.74, 6) is 1.34. The maximum Gasteiger partial charge on any atom is 0.216 e. The van der Waals surface area contributed by atoms with Crippen LogP contribution in [0.15, 0.2) is 54.6 Å². The van der Waals surface area contributed by atoms with Gasteiger partial charge in [-0.15, -0.1) is 0 Å². The van der Waals surface area contributed by atoms with Crippen LogP contribution in [0.2, 0.25) is 0 Å². The molecule has 0 radical (unpaired) electrons. The number of hydrogen-bond acceptors (Lipinski definition) is 3. The molecule has 0 N–H and O–H groups in total. The van der Waals surface area contributed by atoms with Crippen LogP contribution in [0.25, 0.3) is 10.9 Å². The second-order valence-corrected chi connectivity index (χ2v) is 7.92. The molecule has 1 unspecified atom stereocenters. The van der Waals surface area contributed by atoms with E-state index in [0.717, 1.165) is 41.3 Å². The Morgan fingerprint density at radius 2 is 1.93 bits per heavy atom. The van der Waals surface area contributed by atoms with Crippen molar-refractivity contribution >= 4 is 10.9 Å². The molecule has 0 amide bonds. The summed E-state index contributed by atoms with van der Waals surface area (Å²) in [6.45, 7) is 2.11. The van der Waals surface area contributed by atoms with E-state index in [1.807, 2.05) is 18.2 Å². The first kappa shape index (κ1) is 18.5. The van der Waals surface area contributed by atoms with Gasteiger partial charge in [0.1, 0.15) is 0 Å². The fraction of sp³-hybridized carbons (Fsp3) is 0.360. The maximum atomic E-state index is 10.3. The molecule has 3 heteroatoms. The third kappa shape index (κ3) is 3.60. The lowest BCUT2D eigenvalue weighted by molar-refractivity contribution is 0.394. The highest BCUT2D eigenvalue weighted by Crippen LogP contribution is 2.44. The molecule has 1 saturated carbocycles. The molecule has 1 aliphatic rings. The zero-order valence-corrected chi connectivity index (χ0v) is 16.6. The zero-order valence-electron chi connectivity index (χ0n) is 16.6. The molecule has 1 aliphatic carbocycles. The molecule has 0 spiro atoms. The molecular formula is C25H26N2O. The number of benzene rings is 2. The molecule has 4 rings (SSSR count). The average molecular weight is 370 g/mol. The van der Waals surface area contributed by atoms with Crippen molar-refractivity contribution in [3.05, 3.63) is 71.3 Å². The number of ether oxygens (including phenoxy) is 1. The van der Waals surface area contributed by atoms with Crippen molar-refractivity contribution in [3.8, 4) is 11.9 Å². The lowest BCUT2D eigenvalue weighted by Crippen LogP contribution is -2.28. The lowest BCUT2D eigenvalue weighted by Gasteiger charge is -2.28. The van der Waals surface area contributed by atoms with Gasteiger partial charge in [-0.05, 0) is 48.4 Å². The number of pyridine rings is 1. The van der Waals surface area contributed by atoms with Gasteiger partial charge < -0.3 is 4.74 Å². The van der Waals surface area contributed by atoms with Gasteiger partial charge in [-0.3, -0.25) is 0 Å². The van der Waals surface area contributed by atoms with Crippen LogP contribution >= 0.6 is 0 Å². The van der Waals surface area contributed by atoms with E-state index < -0.39 is 5.41 Å². The molecule has 142 valence electrons. The van der Waals surface area contributed by atoms with Crippen LogP contribution in [-0.4, -0.2) is 12.1 Å². The molecule has 0 bridgehead atoms. The molecule has 1 heterocycles. The van der Waals surface area contributed by atoms with Gasteiger partial charge >= 0.3 is 0 Å². The molecular weight excluding hydrogens is 344 g/mol. The summed E-state index contributed by atoms with van der Waals surface area (Å²) in [7, 11) is 1.67. The minimum atomic E-state index is -0.519. The Hall–Kier alpha value is -2.86. The molecule has 0 saturated heterocycles. The van der Waals surface area contributed by atoms with Crippen LogP contribution in [0.3, 0.4) is 0 Å². The van der Waals surface area contributed by atoms with Gasteiger partial charge in [0.15, 0.2) is 0 Å². The second kappa shape index (κ2) is 7.64. The first-order valence-corrected chi connectivity index (χ1v) is 10.1. The van der Waals surface area contributed by atoms with E-state index in [1.54, 1.807) is 7.11 Å². The third-order valence-electron chi connectivity index (χ3n) is 5.88. The minimum Gasteiger partial charge on any atom is -0.481 e. The average Bonchev–Trinajstić information content (AvgIpc) is 3.56. The van der Waals surface area contributed by atoms with Gasteiger partial charge in [0, 0.05) is 10.9 Å². The number of hydrogen-bond donors (Lipinski definition) is 0. The Bertz CT molecular complexity index is 1020. The van der Waals surface area contributed by atoms with Crippen molar-refractivity contribution in [2.45, 2.75) is 44.4 Å². The van der Waals surface area contributed by atoms with Crippen molar-refractivity contribution in [2.75, 3.05) is 7.11 Å². The summed E-state index contributed by atoms with van der Waals surface area (Å²) in [5, 5.41) is 11.4. The molecule has 3 aromatic rings. The number of methoxy groups -OCH3 is 1. The molecule has 1 fully saturated rings. The number of fused-ring (bicyclic) bond motifs is 1. The van der Waals surface area contributed by atoms with Gasteiger partial charge in [0.25, 0.3) is 0 Å². The predicted octanol–water partition coefficient (Wildman–Crippen LogP) is 5.61. The first-order chi connectivity index (χ1) is 13.7. The van der Waals surface area contributed by atoms with Crippen LogP contribution < -0.4 is 4.74 Å². The fourth-order valence-electron chi connectivity index (χ4n) is 4.12. The predicted molar refractivity (Wildman–Crippen MR) is 112 cm³/mol. The summed E-state index contributed by atoms with van der Waals surface area (Å²) >= 11 is 0. The standard InChI is InChI=1S/C25H26N2O/c1-3-20-13-21-11-12-22(14-23(21)27-24(20)28-2)25(17-26,16-19-9-10-19)15-18-7-5-4-6-8-18/h4-8,11-14,19H,3,9-10,15-16H2,1-2H3. The van der Waals surface area contributed by atoms with Gasteiger partial charge in [-0.25, -0.2) is 4.98 Å². The van der Waals surface area contributed by atoms with Crippen molar-refractivity contribution < 1.29 is 4.74 Å². The van der Waals surface area contributed by atoms with E-state index in [0.29, 0.717) is 11.8 Å². The largest absolute Gasteiger partial charge is 0.481 e. The van der Waals surface area contributed by atoms with Crippen molar-refractivity contribution in [2.24, 2.45) is 5.92 Å². The molecule has 1 atom stereocenters. The Morgan fingerprint density at radius 3 is 2.57 bits per heavy atom. The minimum absolute atomic E-state index is 0.519. The highest BCUT2D eigenvalue weighted by Gasteiger charge is 2.39. The van der Waals surface area contributed by atoms with Crippen LogP contribution in [0.4, 0.5) is 0 Å². The van der Waals surface area contributed by atoms with Crippen LogP contribution in [-0.2, 0) is 18.3 Å². The van der Waals surface area contributed by atoms with E-state index in [2.05, 4.69) is 49.4 Å². The summed E-state index contributed by atoms with van der Waals surface area (Å²) in [5.41, 5.74) is 3.76. The summed E-state index contributed by atoms with van der Waals surface area (Å²) in [6.07, 6.45) is 4.99. The van der Waals surface area contributed by atoms with Crippen molar-refractivity contribution in [1.29, 1.82) is 5.26 Å². The van der Waals surface area contributed by atoms with Gasteiger partial charge in [-0.2, -0.15) is 5.26 Å². The third-order valence-corrected chi connectivity index (χ3v) is 5.88. The SMILES string of the molecule is CCc1cc2ccc(C(C#N)(Cc3ccccc3)CC3CC3)cc2nc1OC. The molecule has 28 heavy (non-hydrogen) atoms. The van der Waals surface area contributed by atoms with Crippen molar-refractivity contribution in [1.82, 2.24) is 4.98 Å². The Balaban J connectivity index is 1.80. The maximum absolute atomic E-state index is 10.3. The van der Waals surface area contributed by atoms with E-state index >= 15 is 0 Å². The molecule has 0 aliphatic heterocycles. The molecule has 3 nitrogen and oxygen atoms in total. The Labute approximate surface area is 167 Å². The summed E-state index contributed by atoms with van der Waals surface area (Å²) in [6, 6.07) is 21.6. The van der Waals surface area contributed by atoms with E-state index in [4.69, 9.17) is 9.72 Å². The number of aryl methyl sites for hydroxylation is 1.